The number of hydrogen-bond donors (Lipinski definition) is 1. The summed E-state index contributed by atoms with van der Waals surface area (Å²) in [6, 6.07) is 18.2. The summed E-state index contributed by atoms with van der Waals surface area (Å²) < 4.78 is 5.96. The van der Waals surface area contributed by atoms with Gasteiger partial charge in [0.2, 0.25) is 5.91 Å². The molecule has 2 atom stereocenters. The number of carbonyl (C=O) groups excluding carboxylic acids is 2. The summed E-state index contributed by atoms with van der Waals surface area (Å²) in [5, 5.41) is 5.28. The Kier molecular flexibility index (Phi) is 7.88. The third-order valence-electron chi connectivity index (χ3n) is 5.77. The summed E-state index contributed by atoms with van der Waals surface area (Å²) in [7, 11) is 0. The Labute approximate surface area is 209 Å². The monoisotopic (exact) mass is 497 g/mol. The molecule has 1 N–H and O–H groups in total. The lowest BCUT2D eigenvalue weighted by molar-refractivity contribution is -0.135. The first kappa shape index (κ1) is 24.3. The van der Waals surface area contributed by atoms with Crippen molar-refractivity contribution >= 4 is 40.4 Å². The summed E-state index contributed by atoms with van der Waals surface area (Å²) in [5.74, 6) is 0.729. The number of alkyl halides is 1. The van der Waals surface area contributed by atoms with Crippen LogP contribution < -0.4 is 15.0 Å². The molecular formula is C26H28ClN3O3S. The molecule has 6 nitrogen and oxygen atoms in total. The second-order valence-electron chi connectivity index (χ2n) is 8.32. The number of rotatable bonds is 7. The fourth-order valence-electron chi connectivity index (χ4n) is 4.18. The summed E-state index contributed by atoms with van der Waals surface area (Å²) >= 11 is 7.52. The number of piperazine rings is 1. The van der Waals surface area contributed by atoms with Crippen LogP contribution in [-0.2, 0) is 9.59 Å². The van der Waals surface area contributed by atoms with E-state index < -0.39 is 6.04 Å². The zero-order valence-corrected chi connectivity index (χ0v) is 20.8. The smallest absolute Gasteiger partial charge is 0.251 e. The summed E-state index contributed by atoms with van der Waals surface area (Å²) in [4.78, 5) is 31.2. The SMILES string of the molecule is Cc1cc(Oc2ccccc2)ccc1N(C(=O)CCl)[C@@H](C(=O)N1CCN[C@H](C)C1)c1cccs1. The van der Waals surface area contributed by atoms with Gasteiger partial charge in [-0.05, 0) is 61.2 Å². The number of thiophene rings is 1. The van der Waals surface area contributed by atoms with Gasteiger partial charge in [-0.2, -0.15) is 0 Å². The molecule has 4 rings (SSSR count). The second kappa shape index (κ2) is 11.0. The standard InChI is InChI=1S/C26H28ClN3O3S/c1-18-15-21(33-20-7-4-3-5-8-20)10-11-22(18)30(24(31)16-27)25(23-9-6-14-34-23)26(32)29-13-12-28-19(2)17-29/h3-11,14-15,19,25,28H,12-13,16-17H2,1-2H3/t19-,25-/m1/s1. The molecule has 2 aromatic carbocycles. The lowest BCUT2D eigenvalue weighted by Crippen LogP contribution is -2.55. The van der Waals surface area contributed by atoms with Crippen molar-refractivity contribution in [3.05, 3.63) is 76.5 Å². The molecule has 178 valence electrons. The minimum atomic E-state index is -0.781. The first-order valence-corrected chi connectivity index (χ1v) is 12.7. The van der Waals surface area contributed by atoms with Gasteiger partial charge in [-0.15, -0.1) is 22.9 Å². The topological polar surface area (TPSA) is 61.9 Å². The van der Waals surface area contributed by atoms with E-state index in [-0.39, 0.29) is 23.7 Å². The van der Waals surface area contributed by atoms with Crippen molar-refractivity contribution in [1.29, 1.82) is 0 Å². The van der Waals surface area contributed by atoms with Crippen molar-refractivity contribution < 1.29 is 14.3 Å². The highest BCUT2D eigenvalue weighted by atomic mass is 35.5. The molecule has 0 spiro atoms. The van der Waals surface area contributed by atoms with Gasteiger partial charge in [0, 0.05) is 36.2 Å². The Balaban J connectivity index is 1.71. The van der Waals surface area contributed by atoms with Crippen LogP contribution in [0.1, 0.15) is 23.4 Å². The van der Waals surface area contributed by atoms with E-state index in [9.17, 15) is 9.59 Å². The van der Waals surface area contributed by atoms with Crippen molar-refractivity contribution in [1.82, 2.24) is 10.2 Å². The Morgan fingerprint density at radius 1 is 1.18 bits per heavy atom. The number of nitrogens with one attached hydrogen (secondary N) is 1. The van der Waals surface area contributed by atoms with E-state index in [1.165, 1.54) is 11.3 Å². The predicted octanol–water partition coefficient (Wildman–Crippen LogP) is 4.98. The second-order valence-corrected chi connectivity index (χ2v) is 9.56. The van der Waals surface area contributed by atoms with Crippen LogP contribution in [0, 0.1) is 6.92 Å². The molecule has 0 radical (unpaired) electrons. The Morgan fingerprint density at radius 2 is 1.97 bits per heavy atom. The van der Waals surface area contributed by atoms with Crippen LogP contribution in [-0.4, -0.2) is 48.3 Å². The molecule has 1 aliphatic heterocycles. The van der Waals surface area contributed by atoms with Crippen LogP contribution in [0.25, 0.3) is 0 Å². The molecule has 1 aliphatic rings. The molecule has 0 bridgehead atoms. The molecule has 0 saturated carbocycles. The Hall–Kier alpha value is -2.87. The van der Waals surface area contributed by atoms with Gasteiger partial charge >= 0.3 is 0 Å². The van der Waals surface area contributed by atoms with Gasteiger partial charge in [-0.25, -0.2) is 0 Å². The lowest BCUT2D eigenvalue weighted by Gasteiger charge is -2.38. The van der Waals surface area contributed by atoms with E-state index in [4.69, 9.17) is 16.3 Å². The average Bonchev–Trinajstić information content (AvgIpc) is 3.37. The maximum Gasteiger partial charge on any atom is 0.251 e. The van der Waals surface area contributed by atoms with Gasteiger partial charge in [-0.1, -0.05) is 24.3 Å². The minimum Gasteiger partial charge on any atom is -0.457 e. The van der Waals surface area contributed by atoms with Crippen LogP contribution in [0.2, 0.25) is 0 Å². The number of nitrogens with zero attached hydrogens (tertiary/aromatic N) is 2. The first-order chi connectivity index (χ1) is 16.5. The maximum atomic E-state index is 13.8. The van der Waals surface area contributed by atoms with Crippen LogP contribution >= 0.6 is 22.9 Å². The quantitative estimate of drug-likeness (QED) is 0.467. The fraction of sp³-hybridized carbons (Fsp3) is 0.308. The molecule has 8 heteroatoms. The van der Waals surface area contributed by atoms with E-state index in [1.54, 1.807) is 4.90 Å². The highest BCUT2D eigenvalue weighted by molar-refractivity contribution is 7.10. The van der Waals surface area contributed by atoms with Crippen molar-refractivity contribution in [3.8, 4) is 11.5 Å². The number of halogens is 1. The number of benzene rings is 2. The Morgan fingerprint density at radius 3 is 2.62 bits per heavy atom. The first-order valence-electron chi connectivity index (χ1n) is 11.2. The predicted molar refractivity (Wildman–Crippen MR) is 137 cm³/mol. The van der Waals surface area contributed by atoms with Gasteiger partial charge in [0.1, 0.15) is 23.4 Å². The summed E-state index contributed by atoms with van der Waals surface area (Å²) in [5.41, 5.74) is 1.45. The zero-order chi connectivity index (χ0) is 24.1. The number of amides is 2. The Bertz CT molecular complexity index is 1120. The molecule has 0 aliphatic carbocycles. The third-order valence-corrected chi connectivity index (χ3v) is 6.93. The van der Waals surface area contributed by atoms with Gasteiger partial charge in [0.25, 0.3) is 5.91 Å². The number of hydrogen-bond acceptors (Lipinski definition) is 5. The van der Waals surface area contributed by atoms with E-state index in [2.05, 4.69) is 12.2 Å². The summed E-state index contributed by atoms with van der Waals surface area (Å²) in [6.07, 6.45) is 0. The number of carbonyl (C=O) groups is 2. The lowest BCUT2D eigenvalue weighted by atomic mass is 10.1. The average molecular weight is 498 g/mol. The fourth-order valence-corrected chi connectivity index (χ4v) is 5.12. The largest absolute Gasteiger partial charge is 0.457 e. The highest BCUT2D eigenvalue weighted by Crippen LogP contribution is 2.36. The maximum absolute atomic E-state index is 13.8. The number of aryl methyl sites for hydroxylation is 1. The van der Waals surface area contributed by atoms with E-state index in [0.29, 0.717) is 24.5 Å². The van der Waals surface area contributed by atoms with Crippen LogP contribution in [0.5, 0.6) is 11.5 Å². The zero-order valence-electron chi connectivity index (χ0n) is 19.2. The molecule has 2 heterocycles. The molecule has 2 amide bonds. The van der Waals surface area contributed by atoms with Gasteiger partial charge < -0.3 is 15.0 Å². The van der Waals surface area contributed by atoms with Crippen molar-refractivity contribution in [2.45, 2.75) is 25.9 Å². The van der Waals surface area contributed by atoms with Crippen LogP contribution in [0.3, 0.4) is 0 Å². The van der Waals surface area contributed by atoms with Crippen molar-refractivity contribution in [2.75, 3.05) is 30.4 Å². The van der Waals surface area contributed by atoms with Crippen LogP contribution in [0.4, 0.5) is 5.69 Å². The highest BCUT2D eigenvalue weighted by Gasteiger charge is 2.37. The van der Waals surface area contributed by atoms with Crippen molar-refractivity contribution in [2.24, 2.45) is 0 Å². The molecule has 3 aromatic rings. The number of ether oxygens (including phenoxy) is 1. The number of anilines is 1. The molecule has 34 heavy (non-hydrogen) atoms. The third kappa shape index (κ3) is 5.43. The normalized spacial score (nSPS) is 16.7. The van der Waals surface area contributed by atoms with Gasteiger partial charge in [0.05, 0.1) is 0 Å². The molecular weight excluding hydrogens is 470 g/mol. The summed E-state index contributed by atoms with van der Waals surface area (Å²) in [6.45, 7) is 5.86. The molecule has 0 unspecified atom stereocenters. The minimum absolute atomic E-state index is 0.0988. The van der Waals surface area contributed by atoms with Crippen LogP contribution in [0.15, 0.2) is 66.0 Å². The van der Waals surface area contributed by atoms with Gasteiger partial charge in [0.15, 0.2) is 0 Å². The van der Waals surface area contributed by atoms with Crippen molar-refractivity contribution in [3.63, 3.8) is 0 Å². The van der Waals surface area contributed by atoms with Gasteiger partial charge in [-0.3, -0.25) is 14.5 Å². The van der Waals surface area contributed by atoms with E-state index >= 15 is 0 Å². The molecule has 1 fully saturated rings. The number of para-hydroxylation sites is 1. The molecule has 1 aromatic heterocycles. The van der Waals surface area contributed by atoms with E-state index in [1.807, 2.05) is 77.9 Å². The van der Waals surface area contributed by atoms with E-state index in [0.717, 1.165) is 22.7 Å². The molecule has 1 saturated heterocycles.